The van der Waals surface area contributed by atoms with Crippen LogP contribution in [-0.4, -0.2) is 36.3 Å². The highest BCUT2D eigenvalue weighted by atomic mass is 32.2. The van der Waals surface area contributed by atoms with Crippen LogP contribution in [0.15, 0.2) is 96.2 Å². The van der Waals surface area contributed by atoms with E-state index in [2.05, 4.69) is 35.8 Å². The summed E-state index contributed by atoms with van der Waals surface area (Å²) < 4.78 is 44.5. The number of fused-ring (bicyclic) bond motifs is 1. The molecule has 0 atom stereocenters. The van der Waals surface area contributed by atoms with E-state index in [9.17, 15) is 12.8 Å². The molecule has 3 aromatic carbocycles. The van der Waals surface area contributed by atoms with Crippen LogP contribution < -0.4 is 10.0 Å². The van der Waals surface area contributed by atoms with Gasteiger partial charge < -0.3 is 5.32 Å². The average molecular weight is 544 g/mol. The summed E-state index contributed by atoms with van der Waals surface area (Å²) in [5, 5.41) is 9.53. The van der Waals surface area contributed by atoms with Crippen LogP contribution in [0.2, 0.25) is 0 Å². The van der Waals surface area contributed by atoms with Crippen LogP contribution in [0.3, 0.4) is 0 Å². The van der Waals surface area contributed by atoms with Gasteiger partial charge in [-0.3, -0.25) is 4.68 Å². The molecule has 2 N–H and O–H groups in total. The molecule has 5 rings (SSSR count). The Morgan fingerprint density at radius 3 is 2.46 bits per heavy atom. The van der Waals surface area contributed by atoms with Crippen molar-refractivity contribution < 1.29 is 12.8 Å². The Labute approximate surface area is 227 Å². The lowest BCUT2D eigenvalue weighted by Gasteiger charge is -2.18. The molecular weight excluding hydrogens is 513 g/mol. The maximum absolute atomic E-state index is 14.0. The number of rotatable bonds is 8. The van der Waals surface area contributed by atoms with Crippen LogP contribution in [-0.2, 0) is 15.6 Å². The van der Waals surface area contributed by atoms with Crippen LogP contribution in [0.5, 0.6) is 0 Å². The number of pyridine rings is 1. The molecule has 9 heteroatoms. The number of hydrogen-bond acceptors (Lipinski definition) is 5. The van der Waals surface area contributed by atoms with E-state index in [-0.39, 0.29) is 22.8 Å². The molecule has 0 radical (unpaired) electrons. The van der Waals surface area contributed by atoms with Crippen molar-refractivity contribution in [3.8, 4) is 22.4 Å². The van der Waals surface area contributed by atoms with Crippen molar-refractivity contribution in [2.24, 2.45) is 0 Å². The van der Waals surface area contributed by atoms with Gasteiger partial charge >= 0.3 is 0 Å². The second kappa shape index (κ2) is 10.6. The minimum atomic E-state index is -3.70. The van der Waals surface area contributed by atoms with Crippen LogP contribution >= 0.6 is 0 Å². The van der Waals surface area contributed by atoms with Crippen LogP contribution in [0.1, 0.15) is 20.8 Å². The summed E-state index contributed by atoms with van der Waals surface area (Å²) >= 11 is 0. The number of anilines is 1. The summed E-state index contributed by atoms with van der Waals surface area (Å²) in [6.07, 6.45) is 3.64. The Bertz CT molecular complexity index is 1740. The zero-order valence-corrected chi connectivity index (χ0v) is 22.8. The van der Waals surface area contributed by atoms with Crippen molar-refractivity contribution >= 4 is 26.6 Å². The number of benzene rings is 3. The van der Waals surface area contributed by atoms with Gasteiger partial charge in [-0.05, 0) is 62.1 Å². The van der Waals surface area contributed by atoms with E-state index in [1.165, 1.54) is 12.1 Å². The molecule has 0 fully saturated rings. The van der Waals surface area contributed by atoms with Gasteiger partial charge in [-0.1, -0.05) is 48.5 Å². The largest absolute Gasteiger partial charge is 0.369 e. The molecule has 0 aliphatic rings. The molecule has 0 saturated heterocycles. The highest BCUT2D eigenvalue weighted by Crippen LogP contribution is 2.34. The van der Waals surface area contributed by atoms with E-state index >= 15 is 0 Å². The Balaban J connectivity index is 1.33. The van der Waals surface area contributed by atoms with Gasteiger partial charge in [-0.25, -0.2) is 22.5 Å². The van der Waals surface area contributed by atoms with Crippen LogP contribution in [0.25, 0.3) is 33.2 Å². The third kappa shape index (κ3) is 5.84. The molecule has 39 heavy (non-hydrogen) atoms. The first-order valence-corrected chi connectivity index (χ1v) is 14.1. The predicted octanol–water partition coefficient (Wildman–Crippen LogP) is 6.05. The summed E-state index contributed by atoms with van der Waals surface area (Å²) in [5.74, 6) is 0.261. The molecule has 0 unspecified atom stereocenters. The standard InChI is InChI=1S/C30H30FN5O2S/c1-30(2,3)36-20-26(29(35-36)23-10-6-11-24(31)18-23)22-14-15-32-28(19-22)33-16-17-34-39(37,38)27-13-7-9-21-8-4-5-12-25(21)27/h4-15,18-20,34H,16-17H2,1-3H3,(H,32,33). The highest BCUT2D eigenvalue weighted by Gasteiger charge is 2.21. The molecule has 0 amide bonds. The number of sulfonamides is 1. The molecule has 200 valence electrons. The lowest BCUT2D eigenvalue weighted by Crippen LogP contribution is -2.29. The van der Waals surface area contributed by atoms with Gasteiger partial charge in [0.05, 0.1) is 10.4 Å². The summed E-state index contributed by atoms with van der Waals surface area (Å²) in [5.41, 5.74) is 2.79. The first-order chi connectivity index (χ1) is 18.6. The van der Waals surface area contributed by atoms with Gasteiger partial charge in [-0.15, -0.1) is 0 Å². The van der Waals surface area contributed by atoms with Gasteiger partial charge in [0, 0.05) is 42.0 Å². The molecule has 5 aromatic rings. The third-order valence-electron chi connectivity index (χ3n) is 6.33. The highest BCUT2D eigenvalue weighted by molar-refractivity contribution is 7.89. The number of nitrogens with one attached hydrogen (secondary N) is 2. The fraction of sp³-hybridized carbons (Fsp3) is 0.200. The molecule has 0 bridgehead atoms. The summed E-state index contributed by atoms with van der Waals surface area (Å²) in [7, 11) is -3.70. The molecule has 0 spiro atoms. The lowest BCUT2D eigenvalue weighted by molar-refractivity contribution is 0.356. The molecule has 0 aliphatic heterocycles. The molecule has 0 aliphatic carbocycles. The van der Waals surface area contributed by atoms with E-state index < -0.39 is 10.0 Å². The van der Waals surface area contributed by atoms with E-state index in [0.29, 0.717) is 29.0 Å². The van der Waals surface area contributed by atoms with Crippen molar-refractivity contribution in [2.45, 2.75) is 31.2 Å². The average Bonchev–Trinajstić information content (AvgIpc) is 3.38. The fourth-order valence-corrected chi connectivity index (χ4v) is 5.62. The zero-order valence-electron chi connectivity index (χ0n) is 22.0. The lowest BCUT2D eigenvalue weighted by atomic mass is 10.0. The number of halogens is 1. The van der Waals surface area contributed by atoms with E-state index in [1.54, 1.807) is 30.5 Å². The van der Waals surface area contributed by atoms with Crippen molar-refractivity contribution in [3.63, 3.8) is 0 Å². The Kier molecular flexibility index (Phi) is 7.20. The molecule has 2 aromatic heterocycles. The SMILES string of the molecule is CC(C)(C)n1cc(-c2ccnc(NCCNS(=O)(=O)c3cccc4ccccc34)c2)c(-c2cccc(F)c2)n1. The second-order valence-electron chi connectivity index (χ2n) is 10.2. The third-order valence-corrected chi connectivity index (χ3v) is 7.85. The summed E-state index contributed by atoms with van der Waals surface area (Å²) in [6.45, 7) is 6.67. The Morgan fingerprint density at radius 1 is 0.897 bits per heavy atom. The quantitative estimate of drug-likeness (QED) is 0.233. The minimum absolute atomic E-state index is 0.175. The summed E-state index contributed by atoms with van der Waals surface area (Å²) in [4.78, 5) is 4.65. The van der Waals surface area contributed by atoms with Gasteiger partial charge in [0.15, 0.2) is 0 Å². The molecular formula is C30H30FN5O2S. The molecule has 7 nitrogen and oxygen atoms in total. The maximum Gasteiger partial charge on any atom is 0.241 e. The van der Waals surface area contributed by atoms with Gasteiger partial charge in [0.2, 0.25) is 10.0 Å². The second-order valence-corrected chi connectivity index (χ2v) is 12.0. The molecule has 2 heterocycles. The molecule has 0 saturated carbocycles. The predicted molar refractivity (Wildman–Crippen MR) is 153 cm³/mol. The zero-order chi connectivity index (χ0) is 27.6. The minimum Gasteiger partial charge on any atom is -0.369 e. The van der Waals surface area contributed by atoms with Crippen molar-refractivity contribution in [3.05, 3.63) is 97.1 Å². The van der Waals surface area contributed by atoms with Crippen molar-refractivity contribution in [2.75, 3.05) is 18.4 Å². The normalized spacial score (nSPS) is 12.1. The van der Waals surface area contributed by atoms with E-state index in [4.69, 9.17) is 5.10 Å². The van der Waals surface area contributed by atoms with Crippen LogP contribution in [0, 0.1) is 5.82 Å². The first-order valence-electron chi connectivity index (χ1n) is 12.7. The number of nitrogens with zero attached hydrogens (tertiary/aromatic N) is 3. The first kappa shape index (κ1) is 26.5. The number of hydrogen-bond donors (Lipinski definition) is 2. The van der Waals surface area contributed by atoms with Crippen LogP contribution in [0.4, 0.5) is 10.2 Å². The van der Waals surface area contributed by atoms with E-state index in [0.717, 1.165) is 16.5 Å². The smallest absolute Gasteiger partial charge is 0.241 e. The fourth-order valence-electron chi connectivity index (χ4n) is 4.36. The van der Waals surface area contributed by atoms with Gasteiger partial charge in [0.25, 0.3) is 0 Å². The number of aromatic nitrogens is 3. The van der Waals surface area contributed by atoms with Gasteiger partial charge in [-0.2, -0.15) is 5.10 Å². The van der Waals surface area contributed by atoms with Gasteiger partial charge in [0.1, 0.15) is 17.3 Å². The monoisotopic (exact) mass is 543 g/mol. The maximum atomic E-state index is 14.0. The van der Waals surface area contributed by atoms with Crippen molar-refractivity contribution in [1.82, 2.24) is 19.5 Å². The Hall–Kier alpha value is -4.08. The Morgan fingerprint density at radius 2 is 1.67 bits per heavy atom. The van der Waals surface area contributed by atoms with E-state index in [1.807, 2.05) is 53.3 Å². The topological polar surface area (TPSA) is 88.9 Å². The van der Waals surface area contributed by atoms with Crippen molar-refractivity contribution in [1.29, 1.82) is 0 Å². The summed E-state index contributed by atoms with van der Waals surface area (Å²) in [6, 6.07) is 22.8.